The van der Waals surface area contributed by atoms with Crippen molar-refractivity contribution in [3.05, 3.63) is 60.9 Å². The van der Waals surface area contributed by atoms with Crippen LogP contribution in [0.1, 0.15) is 0 Å². The second-order valence-corrected chi connectivity index (χ2v) is 4.85. The van der Waals surface area contributed by atoms with Crippen LogP contribution in [0.5, 0.6) is 11.5 Å². The molecule has 0 unspecified atom stereocenters. The Bertz CT molecular complexity index is 797. The molecule has 0 atom stereocenters. The molecule has 0 spiro atoms. The summed E-state index contributed by atoms with van der Waals surface area (Å²) in [6.07, 6.45) is 1.54. The van der Waals surface area contributed by atoms with Gasteiger partial charge in [0.1, 0.15) is 23.6 Å². The Hall–Kier alpha value is -2.79. The van der Waals surface area contributed by atoms with Crippen LogP contribution in [0.3, 0.4) is 0 Å². The fourth-order valence-corrected chi connectivity index (χ4v) is 2.24. The van der Waals surface area contributed by atoms with E-state index in [0.29, 0.717) is 11.6 Å². The van der Waals surface area contributed by atoms with Crippen molar-refractivity contribution in [3.63, 3.8) is 0 Å². The van der Waals surface area contributed by atoms with E-state index in [4.69, 9.17) is 9.47 Å². The van der Waals surface area contributed by atoms with Crippen molar-refractivity contribution in [3.8, 4) is 22.8 Å². The molecule has 1 aromatic heterocycles. The highest BCUT2D eigenvalue weighted by atomic mass is 35.5. The molecule has 2 aromatic carbocycles. The van der Waals surface area contributed by atoms with E-state index >= 15 is 0 Å². The van der Waals surface area contributed by atoms with Crippen molar-refractivity contribution < 1.29 is 21.9 Å². The van der Waals surface area contributed by atoms with Gasteiger partial charge in [0, 0.05) is 17.7 Å². The van der Waals surface area contributed by atoms with E-state index in [1.54, 1.807) is 14.2 Å². The zero-order valence-electron chi connectivity index (χ0n) is 13.4. The van der Waals surface area contributed by atoms with E-state index in [2.05, 4.69) is 15.3 Å². The highest BCUT2D eigenvalue weighted by Gasteiger charge is 2.07. The van der Waals surface area contributed by atoms with Crippen LogP contribution >= 0.6 is 0 Å². The summed E-state index contributed by atoms with van der Waals surface area (Å²) >= 11 is 0. The number of nitrogens with one attached hydrogen (secondary N) is 1. The van der Waals surface area contributed by atoms with Crippen molar-refractivity contribution in [2.45, 2.75) is 0 Å². The predicted molar refractivity (Wildman–Crippen MR) is 90.3 cm³/mol. The highest BCUT2D eigenvalue weighted by molar-refractivity contribution is 5.69. The molecule has 0 saturated carbocycles. The molecule has 1 N–H and O–H groups in total. The number of methoxy groups -OCH3 is 2. The minimum atomic E-state index is 0. The number of anilines is 2. The van der Waals surface area contributed by atoms with E-state index < -0.39 is 0 Å². The average molecular weight is 343 g/mol. The molecule has 6 heteroatoms. The topological polar surface area (TPSA) is 56.3 Å². The Balaban J connectivity index is 0.00000208. The molecular formula is C18H17ClN3O2-. The zero-order valence-corrected chi connectivity index (χ0v) is 14.1. The molecule has 3 aromatic rings. The molecule has 5 nitrogen and oxygen atoms in total. The van der Waals surface area contributed by atoms with E-state index in [9.17, 15) is 0 Å². The first-order valence-electron chi connectivity index (χ1n) is 7.16. The van der Waals surface area contributed by atoms with Gasteiger partial charge < -0.3 is 27.2 Å². The molecule has 0 aliphatic carbocycles. The summed E-state index contributed by atoms with van der Waals surface area (Å²) in [5, 5.41) is 3.25. The molecule has 3 rings (SSSR count). The normalized spacial score (nSPS) is 9.75. The lowest BCUT2D eigenvalue weighted by atomic mass is 10.1. The molecular weight excluding hydrogens is 326 g/mol. The Morgan fingerprint density at radius 2 is 1.67 bits per heavy atom. The summed E-state index contributed by atoms with van der Waals surface area (Å²) in [5.74, 6) is 2.14. The zero-order chi connectivity index (χ0) is 16.1. The molecule has 0 aliphatic heterocycles. The smallest absolute Gasteiger partial charge is 0.142 e. The van der Waals surface area contributed by atoms with Crippen LogP contribution in [0.4, 0.5) is 11.5 Å². The molecule has 0 aliphatic rings. The van der Waals surface area contributed by atoms with Gasteiger partial charge in [-0.2, -0.15) is 0 Å². The molecule has 0 radical (unpaired) electrons. The third-order valence-electron chi connectivity index (χ3n) is 3.41. The Morgan fingerprint density at radius 3 is 2.38 bits per heavy atom. The fraction of sp³-hybridized carbons (Fsp3) is 0.111. The van der Waals surface area contributed by atoms with Crippen LogP contribution in [0.2, 0.25) is 0 Å². The van der Waals surface area contributed by atoms with Gasteiger partial charge in [-0.15, -0.1) is 0 Å². The summed E-state index contributed by atoms with van der Waals surface area (Å²) in [6, 6.07) is 17.4. The maximum absolute atomic E-state index is 5.37. The minimum absolute atomic E-state index is 0. The molecule has 0 bridgehead atoms. The van der Waals surface area contributed by atoms with Crippen molar-refractivity contribution in [2.75, 3.05) is 19.5 Å². The van der Waals surface area contributed by atoms with Gasteiger partial charge in [-0.25, -0.2) is 9.97 Å². The second kappa shape index (κ2) is 8.17. The van der Waals surface area contributed by atoms with Crippen molar-refractivity contribution in [1.82, 2.24) is 9.97 Å². The number of nitrogens with zero attached hydrogens (tertiary/aromatic N) is 2. The lowest BCUT2D eigenvalue weighted by molar-refractivity contribution is -0.00000532. The monoisotopic (exact) mass is 342 g/mol. The fourth-order valence-electron chi connectivity index (χ4n) is 2.24. The minimum Gasteiger partial charge on any atom is -1.00 e. The van der Waals surface area contributed by atoms with Gasteiger partial charge in [0.25, 0.3) is 0 Å². The van der Waals surface area contributed by atoms with Crippen LogP contribution in [0, 0.1) is 0 Å². The van der Waals surface area contributed by atoms with Gasteiger partial charge in [0.2, 0.25) is 0 Å². The summed E-state index contributed by atoms with van der Waals surface area (Å²) in [4.78, 5) is 8.59. The van der Waals surface area contributed by atoms with Crippen LogP contribution < -0.4 is 27.2 Å². The molecule has 1 heterocycles. The van der Waals surface area contributed by atoms with E-state index in [1.807, 2.05) is 54.6 Å². The third kappa shape index (κ3) is 3.94. The number of hydrogen-bond acceptors (Lipinski definition) is 5. The van der Waals surface area contributed by atoms with Crippen LogP contribution in [0.25, 0.3) is 11.3 Å². The summed E-state index contributed by atoms with van der Waals surface area (Å²) < 4.78 is 10.6. The second-order valence-electron chi connectivity index (χ2n) is 4.85. The Labute approximate surface area is 147 Å². The van der Waals surface area contributed by atoms with E-state index in [-0.39, 0.29) is 12.4 Å². The summed E-state index contributed by atoms with van der Waals surface area (Å²) in [5.41, 5.74) is 2.67. The number of rotatable bonds is 5. The first kappa shape index (κ1) is 17.6. The van der Waals surface area contributed by atoms with Gasteiger partial charge in [0.05, 0.1) is 25.6 Å². The van der Waals surface area contributed by atoms with Crippen LogP contribution in [0.15, 0.2) is 60.9 Å². The average Bonchev–Trinajstić information content (AvgIpc) is 2.62. The van der Waals surface area contributed by atoms with Gasteiger partial charge in [-0.3, -0.25) is 0 Å². The summed E-state index contributed by atoms with van der Waals surface area (Å²) in [7, 11) is 3.26. The van der Waals surface area contributed by atoms with Gasteiger partial charge in [-0.05, 0) is 12.1 Å². The Kier molecular flexibility index (Phi) is 5.98. The largest absolute Gasteiger partial charge is 1.00 e. The third-order valence-corrected chi connectivity index (χ3v) is 3.41. The van der Waals surface area contributed by atoms with Crippen LogP contribution in [-0.2, 0) is 0 Å². The molecule has 124 valence electrons. The lowest BCUT2D eigenvalue weighted by Gasteiger charge is -2.12. The Morgan fingerprint density at radius 1 is 0.875 bits per heavy atom. The van der Waals surface area contributed by atoms with Crippen molar-refractivity contribution in [1.29, 1.82) is 0 Å². The van der Waals surface area contributed by atoms with E-state index in [1.165, 1.54) is 6.33 Å². The number of halogens is 1. The number of aromatic nitrogens is 2. The number of benzene rings is 2. The highest BCUT2D eigenvalue weighted by Crippen LogP contribution is 2.31. The quantitative estimate of drug-likeness (QED) is 0.747. The number of ether oxygens (including phenoxy) is 2. The van der Waals surface area contributed by atoms with Crippen LogP contribution in [-0.4, -0.2) is 24.2 Å². The maximum Gasteiger partial charge on any atom is 0.142 e. The standard InChI is InChI=1S/C18H17N3O2.ClH/c1-22-14-8-9-17(23-2)16(10-14)21-18-11-15(19-12-20-18)13-6-4-3-5-7-13;/h3-12H,1-2H3,(H,19,20,21);1H/p-1. The van der Waals surface area contributed by atoms with E-state index in [0.717, 1.165) is 22.7 Å². The predicted octanol–water partition coefficient (Wildman–Crippen LogP) is 0.908. The first-order valence-corrected chi connectivity index (χ1v) is 7.16. The van der Waals surface area contributed by atoms with Crippen molar-refractivity contribution >= 4 is 11.5 Å². The molecule has 0 saturated heterocycles. The first-order chi connectivity index (χ1) is 11.3. The van der Waals surface area contributed by atoms with Gasteiger partial charge in [0.15, 0.2) is 0 Å². The molecule has 24 heavy (non-hydrogen) atoms. The lowest BCUT2D eigenvalue weighted by Crippen LogP contribution is -3.00. The maximum atomic E-state index is 5.37. The van der Waals surface area contributed by atoms with Gasteiger partial charge in [-0.1, -0.05) is 30.3 Å². The van der Waals surface area contributed by atoms with Gasteiger partial charge >= 0.3 is 0 Å². The summed E-state index contributed by atoms with van der Waals surface area (Å²) in [6.45, 7) is 0. The molecule has 0 amide bonds. The van der Waals surface area contributed by atoms with Crippen molar-refractivity contribution in [2.24, 2.45) is 0 Å². The SMILES string of the molecule is COc1ccc(OC)c(Nc2cc(-c3ccccc3)ncn2)c1.[Cl-]. The number of hydrogen-bond donors (Lipinski definition) is 1. The molecule has 0 fully saturated rings.